The minimum atomic E-state index is -3.25. The number of nitrogens with one attached hydrogen (secondary N) is 2. The molecule has 2 heterocycles. The second kappa shape index (κ2) is 8.52. The Kier molecular flexibility index (Phi) is 5.99. The number of halogens is 1. The summed E-state index contributed by atoms with van der Waals surface area (Å²) in [6.45, 7) is 0.161. The van der Waals surface area contributed by atoms with Gasteiger partial charge in [0.05, 0.1) is 15.6 Å². The number of hydrogen-bond acceptors (Lipinski definition) is 7. The van der Waals surface area contributed by atoms with E-state index in [1.165, 1.54) is 6.26 Å². The van der Waals surface area contributed by atoms with Crippen molar-refractivity contribution >= 4 is 48.7 Å². The first-order chi connectivity index (χ1) is 14.3. The molecule has 2 aromatic heterocycles. The Morgan fingerprint density at radius 1 is 1.23 bits per heavy atom. The molecule has 30 heavy (non-hydrogen) atoms. The van der Waals surface area contributed by atoms with Crippen molar-refractivity contribution < 1.29 is 13.5 Å². The van der Waals surface area contributed by atoms with Crippen LogP contribution in [0.25, 0.3) is 5.65 Å². The largest absolute Gasteiger partial charge is 0.396 e. The van der Waals surface area contributed by atoms with Gasteiger partial charge in [-0.1, -0.05) is 12.8 Å². The average molecular weight is 494 g/mol. The molecule has 10 heteroatoms. The average Bonchev–Trinajstić information content (AvgIpc) is 3.09. The first-order valence-corrected chi connectivity index (χ1v) is 12.5. The van der Waals surface area contributed by atoms with E-state index >= 15 is 0 Å². The van der Waals surface area contributed by atoms with Gasteiger partial charge >= 0.3 is 0 Å². The molecule has 0 saturated heterocycles. The van der Waals surface area contributed by atoms with E-state index < -0.39 is 9.84 Å². The minimum absolute atomic E-state index is 0.161. The Morgan fingerprint density at radius 3 is 2.67 bits per heavy atom. The molecule has 1 saturated carbocycles. The molecule has 1 aliphatic rings. The molecule has 3 N–H and O–H groups in total. The molecule has 2 atom stereocenters. The molecule has 1 aliphatic carbocycles. The first kappa shape index (κ1) is 21.1. The van der Waals surface area contributed by atoms with Crippen LogP contribution in [-0.4, -0.2) is 47.0 Å². The molecule has 0 radical (unpaired) electrons. The highest BCUT2D eigenvalue weighted by molar-refractivity contribution is 9.10. The van der Waals surface area contributed by atoms with E-state index in [0.717, 1.165) is 35.8 Å². The Labute approximate surface area is 183 Å². The molecule has 0 unspecified atom stereocenters. The van der Waals surface area contributed by atoms with E-state index in [1.807, 2.05) is 6.07 Å². The van der Waals surface area contributed by atoms with Crippen molar-refractivity contribution in [2.45, 2.75) is 36.6 Å². The van der Waals surface area contributed by atoms with E-state index in [0.29, 0.717) is 17.3 Å². The zero-order valence-corrected chi connectivity index (χ0v) is 18.9. The lowest BCUT2D eigenvalue weighted by Crippen LogP contribution is -2.34. The van der Waals surface area contributed by atoms with Crippen LogP contribution >= 0.6 is 15.9 Å². The molecule has 1 aromatic carbocycles. The van der Waals surface area contributed by atoms with Crippen molar-refractivity contribution in [3.05, 3.63) is 41.0 Å². The summed E-state index contributed by atoms with van der Waals surface area (Å²) in [6, 6.07) is 8.63. The van der Waals surface area contributed by atoms with E-state index in [9.17, 15) is 13.5 Å². The van der Waals surface area contributed by atoms with Crippen molar-refractivity contribution in [1.82, 2.24) is 14.6 Å². The number of anilines is 3. The van der Waals surface area contributed by atoms with Crippen LogP contribution in [0.2, 0.25) is 0 Å². The van der Waals surface area contributed by atoms with Crippen LogP contribution in [0.5, 0.6) is 0 Å². The normalized spacial score (nSPS) is 19.7. The van der Waals surface area contributed by atoms with Gasteiger partial charge in [0.1, 0.15) is 11.6 Å². The van der Waals surface area contributed by atoms with Crippen LogP contribution in [0, 0.1) is 5.92 Å². The maximum atomic E-state index is 11.7. The summed E-state index contributed by atoms with van der Waals surface area (Å²) in [5.74, 6) is 1.60. The number of aliphatic hydroxyl groups excluding tert-OH is 1. The van der Waals surface area contributed by atoms with Crippen molar-refractivity contribution in [1.29, 1.82) is 0 Å². The number of benzene rings is 1. The third kappa shape index (κ3) is 4.45. The van der Waals surface area contributed by atoms with Gasteiger partial charge in [-0.2, -0.15) is 9.61 Å². The summed E-state index contributed by atoms with van der Waals surface area (Å²) >= 11 is 3.49. The molecule has 0 spiro atoms. The van der Waals surface area contributed by atoms with Crippen molar-refractivity contribution in [3.8, 4) is 0 Å². The van der Waals surface area contributed by atoms with Gasteiger partial charge in [-0.3, -0.25) is 0 Å². The second-order valence-corrected chi connectivity index (χ2v) is 10.5. The Hall–Kier alpha value is -2.17. The van der Waals surface area contributed by atoms with Gasteiger partial charge in [0.15, 0.2) is 15.5 Å². The topological polar surface area (TPSA) is 109 Å². The molecular formula is C20H24BrN5O3S. The molecule has 4 rings (SSSR count). The van der Waals surface area contributed by atoms with Gasteiger partial charge in [0, 0.05) is 36.6 Å². The highest BCUT2D eigenvalue weighted by Gasteiger charge is 2.25. The third-order valence-electron chi connectivity index (χ3n) is 5.46. The van der Waals surface area contributed by atoms with Crippen molar-refractivity contribution in [2.24, 2.45) is 5.92 Å². The lowest BCUT2D eigenvalue weighted by Gasteiger charge is -2.31. The number of aliphatic hydroxyl groups is 1. The fourth-order valence-corrected chi connectivity index (χ4v) is 4.82. The lowest BCUT2D eigenvalue weighted by atomic mass is 9.85. The quantitative estimate of drug-likeness (QED) is 0.481. The predicted octanol–water partition coefficient (Wildman–Crippen LogP) is 3.60. The molecule has 0 bridgehead atoms. The molecular weight excluding hydrogens is 470 g/mol. The third-order valence-corrected chi connectivity index (χ3v) is 7.15. The molecule has 1 fully saturated rings. The van der Waals surface area contributed by atoms with Gasteiger partial charge in [0.25, 0.3) is 0 Å². The maximum absolute atomic E-state index is 11.7. The van der Waals surface area contributed by atoms with Gasteiger partial charge in [-0.25, -0.2) is 13.4 Å². The Balaban J connectivity index is 1.65. The predicted molar refractivity (Wildman–Crippen MR) is 120 cm³/mol. The van der Waals surface area contributed by atoms with E-state index in [-0.39, 0.29) is 23.5 Å². The first-order valence-electron chi connectivity index (χ1n) is 9.84. The van der Waals surface area contributed by atoms with Crippen LogP contribution in [0.4, 0.5) is 17.3 Å². The van der Waals surface area contributed by atoms with E-state index in [4.69, 9.17) is 0 Å². The fraction of sp³-hybridized carbons (Fsp3) is 0.400. The smallest absolute Gasteiger partial charge is 0.175 e. The molecule has 0 amide bonds. The monoisotopic (exact) mass is 493 g/mol. The molecule has 160 valence electrons. The molecule has 3 aromatic rings. The van der Waals surface area contributed by atoms with Crippen molar-refractivity contribution in [3.63, 3.8) is 0 Å². The van der Waals surface area contributed by atoms with E-state index in [2.05, 4.69) is 36.6 Å². The standard InChI is InChI=1S/C20H24BrN5O3S/c1-30(28,29)15-8-6-14(7-9-15)23-19-10-18(25-20-16(21)11-22-26(19)20)24-17-5-3-2-4-13(17)12-27/h6-11,13,17,23,27H,2-5,12H2,1H3,(H,24,25)/t13-,17+/m0/s1. The summed E-state index contributed by atoms with van der Waals surface area (Å²) in [6.07, 6.45) is 7.14. The van der Waals surface area contributed by atoms with Gasteiger partial charge in [-0.15, -0.1) is 0 Å². The fourth-order valence-electron chi connectivity index (χ4n) is 3.84. The van der Waals surface area contributed by atoms with Gasteiger partial charge in [-0.05, 0) is 53.0 Å². The SMILES string of the molecule is CS(=O)(=O)c1ccc(Nc2cc(N[C@@H]3CCCC[C@H]3CO)nc3c(Br)cnn23)cc1. The summed E-state index contributed by atoms with van der Waals surface area (Å²) in [4.78, 5) is 4.96. The van der Waals surface area contributed by atoms with Crippen LogP contribution in [0.1, 0.15) is 25.7 Å². The van der Waals surface area contributed by atoms with Gasteiger partial charge < -0.3 is 15.7 Å². The number of nitrogens with zero attached hydrogens (tertiary/aromatic N) is 3. The van der Waals surface area contributed by atoms with Crippen LogP contribution in [-0.2, 0) is 9.84 Å². The second-order valence-electron chi connectivity index (χ2n) is 7.65. The summed E-state index contributed by atoms with van der Waals surface area (Å²) in [7, 11) is -3.25. The number of fused-ring (bicyclic) bond motifs is 1. The highest BCUT2D eigenvalue weighted by Crippen LogP contribution is 2.29. The molecule has 8 nitrogen and oxygen atoms in total. The number of rotatable bonds is 6. The number of hydrogen-bond donors (Lipinski definition) is 3. The Morgan fingerprint density at radius 2 is 1.97 bits per heavy atom. The number of aromatic nitrogens is 3. The number of sulfone groups is 1. The van der Waals surface area contributed by atoms with E-state index in [1.54, 1.807) is 35.0 Å². The zero-order chi connectivity index (χ0) is 21.3. The van der Waals surface area contributed by atoms with Crippen LogP contribution in [0.3, 0.4) is 0 Å². The van der Waals surface area contributed by atoms with Crippen molar-refractivity contribution in [2.75, 3.05) is 23.5 Å². The maximum Gasteiger partial charge on any atom is 0.175 e. The highest BCUT2D eigenvalue weighted by atomic mass is 79.9. The zero-order valence-electron chi connectivity index (χ0n) is 16.5. The summed E-state index contributed by atoms with van der Waals surface area (Å²) < 4.78 is 25.8. The lowest BCUT2D eigenvalue weighted by molar-refractivity contribution is 0.178. The molecule has 0 aliphatic heterocycles. The summed E-state index contributed by atoms with van der Waals surface area (Å²) in [5, 5.41) is 20.9. The minimum Gasteiger partial charge on any atom is -0.396 e. The Bertz CT molecular complexity index is 1150. The summed E-state index contributed by atoms with van der Waals surface area (Å²) in [5.41, 5.74) is 1.39. The van der Waals surface area contributed by atoms with Crippen LogP contribution < -0.4 is 10.6 Å². The van der Waals surface area contributed by atoms with Gasteiger partial charge in [0.2, 0.25) is 0 Å². The van der Waals surface area contributed by atoms with Crippen LogP contribution in [0.15, 0.2) is 45.9 Å².